The van der Waals surface area contributed by atoms with E-state index in [1.54, 1.807) is 19.2 Å². The molecule has 100 valence electrons. The van der Waals surface area contributed by atoms with E-state index in [2.05, 4.69) is 15.9 Å². The van der Waals surface area contributed by atoms with E-state index in [0.29, 0.717) is 16.8 Å². The summed E-state index contributed by atoms with van der Waals surface area (Å²) in [5.41, 5.74) is -0.0520. The highest BCUT2D eigenvalue weighted by Crippen LogP contribution is 2.23. The summed E-state index contributed by atoms with van der Waals surface area (Å²) in [6.07, 6.45) is 0.724. The van der Waals surface area contributed by atoms with Gasteiger partial charge in [0.2, 0.25) is 0 Å². The standard InChI is InChI=1S/C13H17BrO4/c1-13(2,17-3)6-7-18-9-4-5-11(14)10(8-9)12(15)16/h4-5,8H,6-7H2,1-3H3,(H,15,16). The van der Waals surface area contributed by atoms with E-state index in [9.17, 15) is 4.79 Å². The monoisotopic (exact) mass is 316 g/mol. The number of hydrogen-bond donors (Lipinski definition) is 1. The minimum absolute atomic E-state index is 0.193. The Balaban J connectivity index is 2.64. The third-order valence-electron chi connectivity index (χ3n) is 2.69. The number of ether oxygens (including phenoxy) is 2. The van der Waals surface area contributed by atoms with Gasteiger partial charge in [-0.1, -0.05) is 0 Å². The lowest BCUT2D eigenvalue weighted by atomic mass is 10.1. The van der Waals surface area contributed by atoms with Gasteiger partial charge in [0.25, 0.3) is 0 Å². The summed E-state index contributed by atoms with van der Waals surface area (Å²) in [5, 5.41) is 8.98. The zero-order chi connectivity index (χ0) is 13.8. The van der Waals surface area contributed by atoms with Crippen LogP contribution < -0.4 is 4.74 Å². The molecule has 0 aliphatic carbocycles. The van der Waals surface area contributed by atoms with Crippen LogP contribution in [0.3, 0.4) is 0 Å². The van der Waals surface area contributed by atoms with Gasteiger partial charge in [-0.05, 0) is 48.0 Å². The predicted molar refractivity (Wildman–Crippen MR) is 72.3 cm³/mol. The van der Waals surface area contributed by atoms with E-state index in [0.717, 1.165) is 6.42 Å². The van der Waals surface area contributed by atoms with Crippen molar-refractivity contribution in [3.05, 3.63) is 28.2 Å². The summed E-state index contributed by atoms with van der Waals surface area (Å²) in [6.45, 7) is 4.42. The fourth-order valence-electron chi connectivity index (χ4n) is 1.27. The normalized spacial score (nSPS) is 11.3. The average molecular weight is 317 g/mol. The number of benzene rings is 1. The summed E-state index contributed by atoms with van der Waals surface area (Å²) < 4.78 is 11.3. The van der Waals surface area contributed by atoms with Crippen molar-refractivity contribution in [2.24, 2.45) is 0 Å². The molecule has 4 nitrogen and oxygen atoms in total. The quantitative estimate of drug-likeness (QED) is 0.874. The summed E-state index contributed by atoms with van der Waals surface area (Å²) in [5.74, 6) is -0.438. The molecule has 0 spiro atoms. The molecule has 1 N–H and O–H groups in total. The van der Waals surface area contributed by atoms with Crippen molar-refractivity contribution in [1.29, 1.82) is 0 Å². The molecule has 1 aromatic carbocycles. The minimum atomic E-state index is -0.982. The molecule has 0 unspecified atom stereocenters. The van der Waals surface area contributed by atoms with E-state index in [1.165, 1.54) is 6.07 Å². The first kappa shape index (κ1) is 15.0. The van der Waals surface area contributed by atoms with Gasteiger partial charge in [0.1, 0.15) is 5.75 Å². The number of rotatable bonds is 6. The van der Waals surface area contributed by atoms with E-state index in [-0.39, 0.29) is 11.2 Å². The lowest BCUT2D eigenvalue weighted by molar-refractivity contribution is 0.00543. The SMILES string of the molecule is COC(C)(C)CCOc1ccc(Br)c(C(=O)O)c1. The molecule has 0 aromatic heterocycles. The second-order valence-electron chi connectivity index (χ2n) is 4.51. The van der Waals surface area contributed by atoms with Crippen molar-refractivity contribution >= 4 is 21.9 Å². The van der Waals surface area contributed by atoms with Crippen molar-refractivity contribution in [1.82, 2.24) is 0 Å². The van der Waals surface area contributed by atoms with Crippen molar-refractivity contribution in [3.8, 4) is 5.75 Å². The summed E-state index contributed by atoms with van der Waals surface area (Å²) in [6, 6.07) is 4.91. The van der Waals surface area contributed by atoms with Gasteiger partial charge in [0, 0.05) is 18.0 Å². The Kier molecular flexibility index (Phi) is 5.16. The predicted octanol–water partition coefficient (Wildman–Crippen LogP) is 3.34. The van der Waals surface area contributed by atoms with Crippen LogP contribution in [0.5, 0.6) is 5.75 Å². The molecule has 0 amide bonds. The summed E-state index contributed by atoms with van der Waals surface area (Å²) in [7, 11) is 1.65. The van der Waals surface area contributed by atoms with Crippen LogP contribution in [-0.4, -0.2) is 30.4 Å². The van der Waals surface area contributed by atoms with E-state index < -0.39 is 5.97 Å². The van der Waals surface area contributed by atoms with Gasteiger partial charge < -0.3 is 14.6 Å². The third-order valence-corrected chi connectivity index (χ3v) is 3.39. The maximum absolute atomic E-state index is 10.9. The van der Waals surface area contributed by atoms with Gasteiger partial charge in [-0.25, -0.2) is 4.79 Å². The zero-order valence-corrected chi connectivity index (χ0v) is 12.3. The second kappa shape index (κ2) is 6.20. The highest BCUT2D eigenvalue weighted by Gasteiger charge is 2.16. The van der Waals surface area contributed by atoms with Crippen molar-refractivity contribution in [2.45, 2.75) is 25.9 Å². The smallest absolute Gasteiger partial charge is 0.336 e. The van der Waals surface area contributed by atoms with Crippen LogP contribution in [0.15, 0.2) is 22.7 Å². The van der Waals surface area contributed by atoms with Gasteiger partial charge in [-0.3, -0.25) is 0 Å². The Morgan fingerprint density at radius 3 is 2.67 bits per heavy atom. The molecule has 0 atom stereocenters. The van der Waals surface area contributed by atoms with Gasteiger partial charge in [0.05, 0.1) is 17.8 Å². The van der Waals surface area contributed by atoms with Crippen LogP contribution in [0.1, 0.15) is 30.6 Å². The molecule has 0 heterocycles. The molecule has 0 radical (unpaired) electrons. The topological polar surface area (TPSA) is 55.8 Å². The van der Waals surface area contributed by atoms with Gasteiger partial charge in [-0.15, -0.1) is 0 Å². The van der Waals surface area contributed by atoms with Gasteiger partial charge in [-0.2, -0.15) is 0 Å². The van der Waals surface area contributed by atoms with Crippen LogP contribution in [0.25, 0.3) is 0 Å². The molecular formula is C13H17BrO4. The molecule has 1 rings (SSSR count). The zero-order valence-electron chi connectivity index (χ0n) is 10.7. The molecule has 0 saturated heterocycles. The molecule has 0 fully saturated rings. The van der Waals surface area contributed by atoms with Crippen LogP contribution in [0, 0.1) is 0 Å². The lowest BCUT2D eigenvalue weighted by Crippen LogP contribution is -2.25. The van der Waals surface area contributed by atoms with Crippen molar-refractivity contribution < 1.29 is 19.4 Å². The summed E-state index contributed by atoms with van der Waals surface area (Å²) in [4.78, 5) is 10.9. The fraction of sp³-hybridized carbons (Fsp3) is 0.462. The van der Waals surface area contributed by atoms with Crippen LogP contribution in [0.4, 0.5) is 0 Å². The summed E-state index contributed by atoms with van der Waals surface area (Å²) >= 11 is 3.19. The van der Waals surface area contributed by atoms with Gasteiger partial charge >= 0.3 is 5.97 Å². The Bertz CT molecular complexity index is 429. The number of carbonyl (C=O) groups is 1. The molecule has 5 heteroatoms. The number of aromatic carboxylic acids is 1. The molecule has 18 heavy (non-hydrogen) atoms. The van der Waals surface area contributed by atoms with E-state index >= 15 is 0 Å². The fourth-order valence-corrected chi connectivity index (χ4v) is 1.69. The Hall–Kier alpha value is -1.07. The minimum Gasteiger partial charge on any atom is -0.493 e. The Morgan fingerprint density at radius 1 is 1.44 bits per heavy atom. The van der Waals surface area contributed by atoms with Crippen LogP contribution >= 0.6 is 15.9 Å². The van der Waals surface area contributed by atoms with Crippen molar-refractivity contribution in [2.75, 3.05) is 13.7 Å². The molecule has 0 saturated carbocycles. The third kappa shape index (κ3) is 4.31. The highest BCUT2D eigenvalue weighted by molar-refractivity contribution is 9.10. The number of carboxylic acid groups (broad SMARTS) is 1. The first-order valence-electron chi connectivity index (χ1n) is 5.56. The van der Waals surface area contributed by atoms with Crippen LogP contribution in [0.2, 0.25) is 0 Å². The first-order chi connectivity index (χ1) is 8.35. The molecule has 0 aliphatic heterocycles. The van der Waals surface area contributed by atoms with Crippen LogP contribution in [-0.2, 0) is 4.74 Å². The molecule has 0 bridgehead atoms. The Labute approximate surface area is 115 Å². The van der Waals surface area contributed by atoms with Crippen molar-refractivity contribution in [3.63, 3.8) is 0 Å². The maximum atomic E-state index is 10.9. The maximum Gasteiger partial charge on any atom is 0.336 e. The number of carboxylic acids is 1. The number of methoxy groups -OCH3 is 1. The molecular weight excluding hydrogens is 300 g/mol. The second-order valence-corrected chi connectivity index (χ2v) is 5.36. The van der Waals surface area contributed by atoms with E-state index in [1.807, 2.05) is 13.8 Å². The number of halogens is 1. The van der Waals surface area contributed by atoms with E-state index in [4.69, 9.17) is 14.6 Å². The largest absolute Gasteiger partial charge is 0.493 e. The average Bonchev–Trinajstić information content (AvgIpc) is 2.31. The molecule has 1 aromatic rings. The Morgan fingerprint density at radius 2 is 2.11 bits per heavy atom. The molecule has 0 aliphatic rings. The lowest BCUT2D eigenvalue weighted by Gasteiger charge is -2.22. The van der Waals surface area contributed by atoms with Gasteiger partial charge in [0.15, 0.2) is 0 Å². The highest BCUT2D eigenvalue weighted by atomic mass is 79.9. The number of hydrogen-bond acceptors (Lipinski definition) is 3. The first-order valence-corrected chi connectivity index (χ1v) is 6.36.